The van der Waals surface area contributed by atoms with Crippen molar-refractivity contribution in [3.63, 3.8) is 0 Å². The Morgan fingerprint density at radius 3 is 2.89 bits per heavy atom. The first-order chi connectivity index (χ1) is 13.1. The second-order valence-corrected chi connectivity index (χ2v) is 7.22. The molecular formula is C16H14F2N4O3S2. The topological polar surface area (TPSA) is 89.3 Å². The SMILES string of the molecule is O=C(CSc1nnc(NCc2ccco2)s1)Nc1ccccc1OC(F)F. The number of nitrogens with one attached hydrogen (secondary N) is 2. The molecule has 0 aliphatic rings. The van der Waals surface area contributed by atoms with E-state index < -0.39 is 6.61 Å². The van der Waals surface area contributed by atoms with Crippen LogP contribution in [-0.4, -0.2) is 28.5 Å². The highest BCUT2D eigenvalue weighted by molar-refractivity contribution is 8.01. The zero-order valence-electron chi connectivity index (χ0n) is 13.7. The van der Waals surface area contributed by atoms with Crippen LogP contribution in [0.2, 0.25) is 0 Å². The Bertz CT molecular complexity index is 874. The molecule has 0 spiro atoms. The number of aromatic nitrogens is 2. The summed E-state index contributed by atoms with van der Waals surface area (Å²) in [6.07, 6.45) is 1.58. The van der Waals surface area contributed by atoms with Crippen molar-refractivity contribution in [3.8, 4) is 5.75 Å². The fraction of sp³-hybridized carbons (Fsp3) is 0.188. The minimum atomic E-state index is -2.97. The maximum absolute atomic E-state index is 12.4. The van der Waals surface area contributed by atoms with E-state index in [1.54, 1.807) is 24.5 Å². The molecule has 7 nitrogen and oxygen atoms in total. The summed E-state index contributed by atoms with van der Waals surface area (Å²) < 4.78 is 35.0. The highest BCUT2D eigenvalue weighted by Gasteiger charge is 2.13. The van der Waals surface area contributed by atoms with Gasteiger partial charge in [0.25, 0.3) is 0 Å². The van der Waals surface area contributed by atoms with Crippen molar-refractivity contribution in [1.82, 2.24) is 10.2 Å². The van der Waals surface area contributed by atoms with E-state index in [0.717, 1.165) is 5.76 Å². The van der Waals surface area contributed by atoms with Crippen LogP contribution in [0.3, 0.4) is 0 Å². The zero-order valence-corrected chi connectivity index (χ0v) is 15.4. The molecule has 0 saturated carbocycles. The lowest BCUT2D eigenvalue weighted by molar-refractivity contribution is -0.113. The average Bonchev–Trinajstić information content (AvgIpc) is 3.31. The Kier molecular flexibility index (Phi) is 6.60. The number of para-hydroxylation sites is 2. The molecule has 11 heteroatoms. The van der Waals surface area contributed by atoms with Crippen LogP contribution in [0.4, 0.5) is 19.6 Å². The number of halogens is 2. The Hall–Kier alpha value is -2.66. The summed E-state index contributed by atoms with van der Waals surface area (Å²) in [5, 5.41) is 14.2. The van der Waals surface area contributed by atoms with Crippen molar-refractivity contribution < 1.29 is 22.7 Å². The van der Waals surface area contributed by atoms with Gasteiger partial charge in [-0.25, -0.2) is 0 Å². The molecule has 2 aromatic heterocycles. The van der Waals surface area contributed by atoms with Gasteiger partial charge in [-0.1, -0.05) is 35.2 Å². The summed E-state index contributed by atoms with van der Waals surface area (Å²) in [6.45, 7) is -2.49. The van der Waals surface area contributed by atoms with Gasteiger partial charge in [-0.05, 0) is 24.3 Å². The lowest BCUT2D eigenvalue weighted by atomic mass is 10.3. The fourth-order valence-electron chi connectivity index (χ4n) is 2.00. The average molecular weight is 412 g/mol. The third-order valence-corrected chi connectivity index (χ3v) is 5.12. The van der Waals surface area contributed by atoms with Crippen LogP contribution in [0.1, 0.15) is 5.76 Å². The van der Waals surface area contributed by atoms with Gasteiger partial charge in [-0.2, -0.15) is 8.78 Å². The smallest absolute Gasteiger partial charge is 0.387 e. The first-order valence-electron chi connectivity index (χ1n) is 7.66. The molecule has 3 aromatic rings. The van der Waals surface area contributed by atoms with Crippen molar-refractivity contribution in [2.75, 3.05) is 16.4 Å². The van der Waals surface area contributed by atoms with Gasteiger partial charge in [0.2, 0.25) is 11.0 Å². The molecule has 0 aliphatic carbocycles. The molecule has 3 rings (SSSR count). The molecule has 1 amide bonds. The van der Waals surface area contributed by atoms with E-state index in [1.165, 1.54) is 35.2 Å². The van der Waals surface area contributed by atoms with Crippen LogP contribution in [0.25, 0.3) is 0 Å². The second kappa shape index (κ2) is 9.33. The molecule has 0 atom stereocenters. The lowest BCUT2D eigenvalue weighted by Gasteiger charge is -2.11. The van der Waals surface area contributed by atoms with Gasteiger partial charge in [0, 0.05) is 0 Å². The van der Waals surface area contributed by atoms with E-state index in [2.05, 4.69) is 25.6 Å². The first-order valence-corrected chi connectivity index (χ1v) is 9.46. The number of rotatable bonds is 9. The number of anilines is 2. The number of alkyl halides is 2. The Labute approximate surface area is 161 Å². The minimum Gasteiger partial charge on any atom is -0.467 e. The van der Waals surface area contributed by atoms with Crippen LogP contribution in [0, 0.1) is 0 Å². The van der Waals surface area contributed by atoms with Gasteiger partial charge in [0.1, 0.15) is 11.5 Å². The number of ether oxygens (including phenoxy) is 1. The van der Waals surface area contributed by atoms with E-state index in [1.807, 2.05) is 6.07 Å². The molecule has 0 bridgehead atoms. The van der Waals surface area contributed by atoms with Gasteiger partial charge in [-0.3, -0.25) is 4.79 Å². The van der Waals surface area contributed by atoms with Gasteiger partial charge >= 0.3 is 6.61 Å². The van der Waals surface area contributed by atoms with Crippen LogP contribution >= 0.6 is 23.1 Å². The van der Waals surface area contributed by atoms with Crippen molar-refractivity contribution >= 4 is 39.8 Å². The minimum absolute atomic E-state index is 0.0514. The molecule has 27 heavy (non-hydrogen) atoms. The highest BCUT2D eigenvalue weighted by Crippen LogP contribution is 2.28. The summed E-state index contributed by atoms with van der Waals surface area (Å²) in [7, 11) is 0. The molecule has 1 aromatic carbocycles. The maximum Gasteiger partial charge on any atom is 0.387 e. The molecule has 0 saturated heterocycles. The number of amides is 1. The van der Waals surface area contributed by atoms with Gasteiger partial charge < -0.3 is 19.8 Å². The highest BCUT2D eigenvalue weighted by atomic mass is 32.2. The van der Waals surface area contributed by atoms with Gasteiger partial charge in [0.05, 0.1) is 24.2 Å². The van der Waals surface area contributed by atoms with E-state index in [-0.39, 0.29) is 23.1 Å². The van der Waals surface area contributed by atoms with E-state index >= 15 is 0 Å². The monoisotopic (exact) mass is 412 g/mol. The summed E-state index contributed by atoms with van der Waals surface area (Å²) in [5.74, 6) is 0.357. The first kappa shape index (κ1) is 19.1. The summed E-state index contributed by atoms with van der Waals surface area (Å²) in [6, 6.07) is 9.63. The molecule has 2 heterocycles. The predicted octanol–water partition coefficient (Wildman–Crippen LogP) is 4.08. The summed E-state index contributed by atoms with van der Waals surface area (Å²) >= 11 is 2.49. The van der Waals surface area contributed by atoms with E-state index in [0.29, 0.717) is 16.0 Å². The van der Waals surface area contributed by atoms with Crippen molar-refractivity contribution in [3.05, 3.63) is 48.4 Å². The molecule has 142 valence electrons. The Morgan fingerprint density at radius 1 is 1.26 bits per heavy atom. The molecule has 2 N–H and O–H groups in total. The number of carbonyl (C=O) groups is 1. The Morgan fingerprint density at radius 2 is 2.11 bits per heavy atom. The molecule has 0 radical (unpaired) electrons. The number of furan rings is 1. The molecule has 0 unspecified atom stereocenters. The number of hydrogen-bond acceptors (Lipinski definition) is 8. The molecule has 0 aliphatic heterocycles. The van der Waals surface area contributed by atoms with E-state index in [9.17, 15) is 13.6 Å². The van der Waals surface area contributed by atoms with Crippen LogP contribution in [-0.2, 0) is 11.3 Å². The van der Waals surface area contributed by atoms with Gasteiger partial charge in [0.15, 0.2) is 4.34 Å². The number of thioether (sulfide) groups is 1. The normalized spacial score (nSPS) is 10.8. The third kappa shape index (κ3) is 5.93. The number of nitrogens with zero attached hydrogens (tertiary/aromatic N) is 2. The van der Waals surface area contributed by atoms with E-state index in [4.69, 9.17) is 4.42 Å². The van der Waals surface area contributed by atoms with Crippen LogP contribution in [0.5, 0.6) is 5.75 Å². The number of benzene rings is 1. The lowest BCUT2D eigenvalue weighted by Crippen LogP contribution is -2.15. The largest absolute Gasteiger partial charge is 0.467 e. The fourth-order valence-corrected chi connectivity index (χ4v) is 3.55. The van der Waals surface area contributed by atoms with Crippen LogP contribution < -0.4 is 15.4 Å². The zero-order chi connectivity index (χ0) is 19.1. The van der Waals surface area contributed by atoms with Gasteiger partial charge in [-0.15, -0.1) is 10.2 Å². The standard InChI is InChI=1S/C16H14F2N4O3S2/c17-14(18)25-12-6-2-1-5-11(12)20-13(23)9-26-16-22-21-15(27-16)19-8-10-4-3-7-24-10/h1-7,14H,8-9H2,(H,19,21)(H,20,23). The van der Waals surface area contributed by atoms with Crippen molar-refractivity contribution in [1.29, 1.82) is 0 Å². The molecule has 0 fully saturated rings. The number of carbonyl (C=O) groups excluding carboxylic acids is 1. The van der Waals surface area contributed by atoms with Crippen molar-refractivity contribution in [2.24, 2.45) is 0 Å². The third-order valence-electron chi connectivity index (χ3n) is 3.10. The molecular weight excluding hydrogens is 398 g/mol. The quantitative estimate of drug-likeness (QED) is 0.512. The summed E-state index contributed by atoms with van der Waals surface area (Å²) in [4.78, 5) is 12.1. The second-order valence-electron chi connectivity index (χ2n) is 5.02. The van der Waals surface area contributed by atoms with Crippen LogP contribution in [0.15, 0.2) is 51.4 Å². The predicted molar refractivity (Wildman–Crippen MR) is 98.4 cm³/mol. The van der Waals surface area contributed by atoms with Crippen molar-refractivity contribution in [2.45, 2.75) is 17.5 Å². The maximum atomic E-state index is 12.4. The summed E-state index contributed by atoms with van der Waals surface area (Å²) in [5.41, 5.74) is 0.182. The Balaban J connectivity index is 1.48. The number of hydrogen-bond donors (Lipinski definition) is 2.